The van der Waals surface area contributed by atoms with Crippen LogP contribution >= 0.6 is 0 Å². The van der Waals surface area contributed by atoms with Gasteiger partial charge in [0.1, 0.15) is 11.4 Å². The lowest BCUT2D eigenvalue weighted by Crippen LogP contribution is -2.09. The van der Waals surface area contributed by atoms with Crippen LogP contribution in [0.25, 0.3) is 10.8 Å². The van der Waals surface area contributed by atoms with Crippen molar-refractivity contribution in [2.75, 3.05) is 13.7 Å². The van der Waals surface area contributed by atoms with E-state index >= 15 is 0 Å². The first-order chi connectivity index (χ1) is 14.0. The molecule has 0 saturated carbocycles. The van der Waals surface area contributed by atoms with Crippen molar-refractivity contribution in [1.82, 2.24) is 4.98 Å². The number of carbonyl (C=O) groups is 2. The fourth-order valence-corrected chi connectivity index (χ4v) is 3.08. The van der Waals surface area contributed by atoms with Gasteiger partial charge in [-0.05, 0) is 50.4 Å². The number of methoxy groups -OCH3 is 1. The predicted molar refractivity (Wildman–Crippen MR) is 110 cm³/mol. The van der Waals surface area contributed by atoms with Crippen LogP contribution in [0.1, 0.15) is 47.2 Å². The Morgan fingerprint density at radius 3 is 2.55 bits per heavy atom. The van der Waals surface area contributed by atoms with E-state index in [1.54, 1.807) is 36.4 Å². The highest BCUT2D eigenvalue weighted by atomic mass is 16.5. The number of aldehydes is 1. The fourth-order valence-electron chi connectivity index (χ4n) is 3.08. The molecule has 0 saturated heterocycles. The van der Waals surface area contributed by atoms with Crippen LogP contribution < -0.4 is 14.2 Å². The van der Waals surface area contributed by atoms with Crippen molar-refractivity contribution >= 4 is 22.8 Å². The number of rotatable bonds is 8. The molecule has 3 aromatic rings. The van der Waals surface area contributed by atoms with Gasteiger partial charge in [0.15, 0.2) is 17.8 Å². The van der Waals surface area contributed by atoms with E-state index in [0.717, 1.165) is 0 Å². The smallest absolute Gasteiger partial charge is 0.212 e. The molecule has 0 radical (unpaired) electrons. The molecule has 6 nitrogen and oxygen atoms in total. The summed E-state index contributed by atoms with van der Waals surface area (Å²) in [5, 5.41) is 1.10. The van der Waals surface area contributed by atoms with Gasteiger partial charge in [0, 0.05) is 22.7 Å². The normalized spacial score (nSPS) is 10.8. The molecule has 0 spiro atoms. The third-order valence-corrected chi connectivity index (χ3v) is 4.31. The number of hydrogen-bond acceptors (Lipinski definition) is 6. The summed E-state index contributed by atoms with van der Waals surface area (Å²) in [6.07, 6.45) is 2.04. The summed E-state index contributed by atoms with van der Waals surface area (Å²) < 4.78 is 16.7. The van der Waals surface area contributed by atoms with E-state index in [-0.39, 0.29) is 17.6 Å². The van der Waals surface area contributed by atoms with Gasteiger partial charge < -0.3 is 14.2 Å². The minimum atomic E-state index is -0.270. The van der Waals surface area contributed by atoms with E-state index in [2.05, 4.69) is 4.98 Å². The SMILES string of the molecule is CCOc1cccc(C(=O)c2ncc(C=O)c3cc(OC(C)C)c(OC)cc23)c1. The molecule has 0 fully saturated rings. The van der Waals surface area contributed by atoms with Gasteiger partial charge in [-0.1, -0.05) is 12.1 Å². The summed E-state index contributed by atoms with van der Waals surface area (Å²) >= 11 is 0. The van der Waals surface area contributed by atoms with Gasteiger partial charge in [0.05, 0.1) is 19.8 Å². The Bertz CT molecular complexity index is 1060. The van der Waals surface area contributed by atoms with Gasteiger partial charge in [0.2, 0.25) is 5.78 Å². The Morgan fingerprint density at radius 1 is 1.14 bits per heavy atom. The lowest BCUT2D eigenvalue weighted by atomic mass is 9.99. The first kappa shape index (κ1) is 20.3. The number of hydrogen-bond donors (Lipinski definition) is 0. The molecule has 0 aliphatic heterocycles. The number of ether oxygens (including phenoxy) is 3. The summed E-state index contributed by atoms with van der Waals surface area (Å²) in [4.78, 5) is 29.0. The second kappa shape index (κ2) is 8.73. The van der Waals surface area contributed by atoms with Gasteiger partial charge in [-0.25, -0.2) is 0 Å². The van der Waals surface area contributed by atoms with Gasteiger partial charge in [-0.3, -0.25) is 14.6 Å². The topological polar surface area (TPSA) is 74.7 Å². The highest BCUT2D eigenvalue weighted by Gasteiger charge is 2.20. The van der Waals surface area contributed by atoms with Crippen LogP contribution in [-0.2, 0) is 0 Å². The number of fused-ring (bicyclic) bond motifs is 1. The predicted octanol–water partition coefficient (Wildman–Crippen LogP) is 4.47. The third kappa shape index (κ3) is 4.21. The molecule has 0 amide bonds. The number of carbonyl (C=O) groups excluding carboxylic acids is 2. The monoisotopic (exact) mass is 393 g/mol. The Kier molecular flexibility index (Phi) is 6.12. The number of ketones is 1. The van der Waals surface area contributed by atoms with Crippen LogP contribution in [0.5, 0.6) is 17.2 Å². The first-order valence-electron chi connectivity index (χ1n) is 9.38. The summed E-state index contributed by atoms with van der Waals surface area (Å²) in [5.41, 5.74) is 1.05. The Labute approximate surface area is 169 Å². The quantitative estimate of drug-likeness (QED) is 0.415. The van der Waals surface area contributed by atoms with Crippen LogP contribution in [0.3, 0.4) is 0 Å². The number of nitrogens with zero attached hydrogens (tertiary/aromatic N) is 1. The highest BCUT2D eigenvalue weighted by Crippen LogP contribution is 2.36. The van der Waals surface area contributed by atoms with Gasteiger partial charge >= 0.3 is 0 Å². The molecule has 2 aromatic carbocycles. The van der Waals surface area contributed by atoms with Crippen molar-refractivity contribution in [3.63, 3.8) is 0 Å². The molecule has 150 valence electrons. The Morgan fingerprint density at radius 2 is 1.90 bits per heavy atom. The van der Waals surface area contributed by atoms with E-state index < -0.39 is 0 Å². The van der Waals surface area contributed by atoms with Crippen LogP contribution in [0.15, 0.2) is 42.6 Å². The average molecular weight is 393 g/mol. The second-order valence-corrected chi connectivity index (χ2v) is 6.69. The molecule has 0 aliphatic carbocycles. The zero-order chi connectivity index (χ0) is 21.0. The highest BCUT2D eigenvalue weighted by molar-refractivity contribution is 6.17. The maximum atomic E-state index is 13.2. The van der Waals surface area contributed by atoms with Crippen molar-refractivity contribution in [3.05, 3.63) is 59.4 Å². The lowest BCUT2D eigenvalue weighted by Gasteiger charge is -2.16. The molecule has 1 aromatic heterocycles. The Balaban J connectivity index is 2.19. The van der Waals surface area contributed by atoms with Crippen molar-refractivity contribution in [3.8, 4) is 17.2 Å². The molecule has 0 unspecified atom stereocenters. The van der Waals surface area contributed by atoms with Crippen LogP contribution in [0.2, 0.25) is 0 Å². The zero-order valence-corrected chi connectivity index (χ0v) is 16.9. The molecule has 0 N–H and O–H groups in total. The number of benzene rings is 2. The average Bonchev–Trinajstić information content (AvgIpc) is 2.72. The minimum Gasteiger partial charge on any atom is -0.494 e. The summed E-state index contributed by atoms with van der Waals surface area (Å²) in [5.74, 6) is 1.31. The summed E-state index contributed by atoms with van der Waals surface area (Å²) in [6.45, 7) is 6.18. The summed E-state index contributed by atoms with van der Waals surface area (Å²) in [6, 6.07) is 10.3. The molecule has 1 heterocycles. The maximum absolute atomic E-state index is 13.2. The second-order valence-electron chi connectivity index (χ2n) is 6.69. The van der Waals surface area contributed by atoms with Crippen LogP contribution in [0, 0.1) is 0 Å². The van der Waals surface area contributed by atoms with Crippen molar-refractivity contribution < 1.29 is 23.8 Å². The number of pyridine rings is 1. The van der Waals surface area contributed by atoms with Crippen molar-refractivity contribution in [2.45, 2.75) is 26.9 Å². The maximum Gasteiger partial charge on any atom is 0.212 e. The molecule has 0 aliphatic rings. The largest absolute Gasteiger partial charge is 0.494 e. The van der Waals surface area contributed by atoms with Crippen molar-refractivity contribution in [2.24, 2.45) is 0 Å². The first-order valence-corrected chi connectivity index (χ1v) is 9.38. The fraction of sp³-hybridized carbons (Fsp3) is 0.261. The van der Waals surface area contributed by atoms with E-state index in [1.165, 1.54) is 13.3 Å². The van der Waals surface area contributed by atoms with E-state index in [0.29, 0.717) is 52.0 Å². The van der Waals surface area contributed by atoms with Gasteiger partial charge in [0.25, 0.3) is 0 Å². The molecular formula is C23H23NO5. The zero-order valence-electron chi connectivity index (χ0n) is 16.9. The summed E-state index contributed by atoms with van der Waals surface area (Å²) in [7, 11) is 1.53. The van der Waals surface area contributed by atoms with Crippen molar-refractivity contribution in [1.29, 1.82) is 0 Å². The van der Waals surface area contributed by atoms with Crippen LogP contribution in [0.4, 0.5) is 0 Å². The standard InChI is InChI=1S/C23H23NO5/c1-5-28-17-8-6-7-15(9-17)23(26)22-19-11-20(27-4)21(29-14(2)3)10-18(19)16(13-25)12-24-22/h6-14H,5H2,1-4H3. The Hall–Kier alpha value is -3.41. The molecular weight excluding hydrogens is 370 g/mol. The van der Waals surface area contributed by atoms with Gasteiger partial charge in [-0.15, -0.1) is 0 Å². The van der Waals surface area contributed by atoms with E-state index in [4.69, 9.17) is 14.2 Å². The number of aromatic nitrogens is 1. The molecule has 0 bridgehead atoms. The third-order valence-electron chi connectivity index (χ3n) is 4.31. The van der Waals surface area contributed by atoms with Gasteiger partial charge in [-0.2, -0.15) is 0 Å². The van der Waals surface area contributed by atoms with E-state index in [1.807, 2.05) is 20.8 Å². The van der Waals surface area contributed by atoms with E-state index in [9.17, 15) is 9.59 Å². The lowest BCUT2D eigenvalue weighted by molar-refractivity contribution is 0.103. The van der Waals surface area contributed by atoms with Crippen LogP contribution in [-0.4, -0.2) is 36.9 Å². The minimum absolute atomic E-state index is 0.0784. The molecule has 0 atom stereocenters. The molecule has 3 rings (SSSR count). The molecule has 29 heavy (non-hydrogen) atoms. The molecule has 6 heteroatoms.